The van der Waals surface area contributed by atoms with E-state index >= 15 is 0 Å². The predicted octanol–water partition coefficient (Wildman–Crippen LogP) is 2.25. The van der Waals surface area contributed by atoms with Crippen molar-refractivity contribution in [3.05, 3.63) is 30.3 Å². The molecule has 0 aliphatic carbocycles. The van der Waals surface area contributed by atoms with Gasteiger partial charge in [-0.15, -0.1) is 0 Å². The fourth-order valence-electron chi connectivity index (χ4n) is 3.05. The average molecular weight is 297 g/mol. The quantitative estimate of drug-likeness (QED) is 0.907. The van der Waals surface area contributed by atoms with Gasteiger partial charge in [-0.3, -0.25) is 0 Å². The molecule has 1 aromatic rings. The van der Waals surface area contributed by atoms with Gasteiger partial charge in [0.2, 0.25) is 10.0 Å². The first kappa shape index (κ1) is 15.5. The minimum absolute atomic E-state index is 0.0572. The van der Waals surface area contributed by atoms with Gasteiger partial charge >= 0.3 is 0 Å². The molecule has 4 nitrogen and oxygen atoms in total. The zero-order chi connectivity index (χ0) is 14.6. The van der Waals surface area contributed by atoms with Crippen LogP contribution in [0, 0.1) is 5.41 Å². The number of hydrogen-bond donors (Lipinski definition) is 1. The minimum atomic E-state index is -3.44. The number of nitrogens with zero attached hydrogens (tertiary/aromatic N) is 1. The second-order valence-electron chi connectivity index (χ2n) is 5.66. The van der Waals surface area contributed by atoms with Gasteiger partial charge in [-0.1, -0.05) is 31.5 Å². The molecule has 1 fully saturated rings. The van der Waals surface area contributed by atoms with Gasteiger partial charge in [-0.25, -0.2) is 8.42 Å². The summed E-state index contributed by atoms with van der Waals surface area (Å²) in [6, 6.07) is 8.55. The lowest BCUT2D eigenvalue weighted by Gasteiger charge is -2.41. The summed E-state index contributed by atoms with van der Waals surface area (Å²) in [7, 11) is -3.44. The summed E-state index contributed by atoms with van der Waals surface area (Å²) in [4.78, 5) is 0.338. The second-order valence-corrected chi connectivity index (χ2v) is 7.60. The maximum Gasteiger partial charge on any atom is 0.243 e. The highest BCUT2D eigenvalue weighted by Crippen LogP contribution is 2.36. The van der Waals surface area contributed by atoms with Gasteiger partial charge in [0.25, 0.3) is 0 Å². The topological polar surface area (TPSA) is 57.6 Å². The van der Waals surface area contributed by atoms with Crippen molar-refractivity contribution in [2.24, 2.45) is 5.41 Å². The molecule has 0 spiro atoms. The molecule has 0 bridgehead atoms. The number of rotatable bonds is 5. The highest BCUT2D eigenvalue weighted by molar-refractivity contribution is 7.89. The molecule has 1 aliphatic heterocycles. The van der Waals surface area contributed by atoms with E-state index in [0.717, 1.165) is 25.7 Å². The first-order chi connectivity index (χ1) is 9.54. The number of benzene rings is 1. The average Bonchev–Trinajstić information content (AvgIpc) is 2.49. The van der Waals surface area contributed by atoms with E-state index in [-0.39, 0.29) is 12.0 Å². The first-order valence-corrected chi connectivity index (χ1v) is 8.64. The lowest BCUT2D eigenvalue weighted by molar-refractivity contribution is 0.0558. The van der Waals surface area contributed by atoms with Gasteiger partial charge in [0.1, 0.15) is 0 Å². The highest BCUT2D eigenvalue weighted by Gasteiger charge is 2.39. The van der Waals surface area contributed by atoms with Crippen molar-refractivity contribution in [3.63, 3.8) is 0 Å². The number of hydrogen-bond acceptors (Lipinski definition) is 3. The lowest BCUT2D eigenvalue weighted by Crippen LogP contribution is -2.47. The van der Waals surface area contributed by atoms with E-state index in [4.69, 9.17) is 0 Å². The molecule has 112 valence electrons. The molecule has 0 saturated carbocycles. The third-order valence-electron chi connectivity index (χ3n) is 4.12. The van der Waals surface area contributed by atoms with Gasteiger partial charge < -0.3 is 5.11 Å². The van der Waals surface area contributed by atoms with Crippen molar-refractivity contribution in [3.8, 4) is 0 Å². The molecule has 0 aromatic heterocycles. The van der Waals surface area contributed by atoms with E-state index in [1.54, 1.807) is 24.3 Å². The molecule has 0 amide bonds. The highest BCUT2D eigenvalue weighted by atomic mass is 32.2. The van der Waals surface area contributed by atoms with Crippen molar-refractivity contribution in [1.29, 1.82) is 0 Å². The Morgan fingerprint density at radius 2 is 2.00 bits per heavy atom. The van der Waals surface area contributed by atoms with Crippen molar-refractivity contribution >= 4 is 10.0 Å². The van der Waals surface area contributed by atoms with E-state index in [1.807, 2.05) is 6.07 Å². The van der Waals surface area contributed by atoms with Crippen LogP contribution in [0.5, 0.6) is 0 Å². The van der Waals surface area contributed by atoms with Crippen LogP contribution in [0.25, 0.3) is 0 Å². The monoisotopic (exact) mass is 297 g/mol. The van der Waals surface area contributed by atoms with Crippen LogP contribution in [0.3, 0.4) is 0 Å². The molecule has 1 unspecified atom stereocenters. The lowest BCUT2D eigenvalue weighted by atomic mass is 9.78. The van der Waals surface area contributed by atoms with E-state index in [9.17, 15) is 13.5 Å². The number of aliphatic hydroxyl groups is 1. The zero-order valence-corrected chi connectivity index (χ0v) is 12.8. The summed E-state index contributed by atoms with van der Waals surface area (Å²) in [6.07, 6.45) is 3.54. The van der Waals surface area contributed by atoms with E-state index in [1.165, 1.54) is 4.31 Å². The first-order valence-electron chi connectivity index (χ1n) is 7.20. The smallest absolute Gasteiger partial charge is 0.243 e. The van der Waals surface area contributed by atoms with Crippen LogP contribution in [0.15, 0.2) is 35.2 Å². The van der Waals surface area contributed by atoms with Crippen molar-refractivity contribution < 1.29 is 13.5 Å². The van der Waals surface area contributed by atoms with Gasteiger partial charge in [0, 0.05) is 25.1 Å². The normalized spacial score (nSPS) is 24.7. The molecular formula is C15H23NO3S. The molecule has 1 saturated heterocycles. The third-order valence-corrected chi connectivity index (χ3v) is 5.98. The molecule has 20 heavy (non-hydrogen) atoms. The van der Waals surface area contributed by atoms with Crippen LogP contribution in [0.4, 0.5) is 0 Å². The Balaban J connectivity index is 2.24. The van der Waals surface area contributed by atoms with Crippen LogP contribution < -0.4 is 0 Å². The molecule has 5 heteroatoms. The van der Waals surface area contributed by atoms with Crippen LogP contribution in [0.1, 0.15) is 32.6 Å². The maximum absolute atomic E-state index is 12.6. The van der Waals surface area contributed by atoms with Crippen LogP contribution in [-0.2, 0) is 10.0 Å². The van der Waals surface area contributed by atoms with E-state index in [0.29, 0.717) is 18.0 Å². The van der Waals surface area contributed by atoms with Gasteiger partial charge in [0.15, 0.2) is 0 Å². The van der Waals surface area contributed by atoms with Gasteiger partial charge in [-0.05, 0) is 31.4 Å². The largest absolute Gasteiger partial charge is 0.396 e. The molecule has 0 radical (unpaired) electrons. The van der Waals surface area contributed by atoms with E-state index in [2.05, 4.69) is 6.92 Å². The summed E-state index contributed by atoms with van der Waals surface area (Å²) >= 11 is 0. The fourth-order valence-corrected chi connectivity index (χ4v) is 4.66. The summed E-state index contributed by atoms with van der Waals surface area (Å²) in [5, 5.41) is 9.71. The number of sulfonamides is 1. The summed E-state index contributed by atoms with van der Waals surface area (Å²) in [5.74, 6) is 0. The Morgan fingerprint density at radius 1 is 1.30 bits per heavy atom. The third kappa shape index (κ3) is 3.05. The molecule has 1 heterocycles. The fraction of sp³-hybridized carbons (Fsp3) is 0.600. The van der Waals surface area contributed by atoms with Crippen LogP contribution in [0.2, 0.25) is 0 Å². The van der Waals surface area contributed by atoms with Crippen LogP contribution >= 0.6 is 0 Å². The Morgan fingerprint density at radius 3 is 2.60 bits per heavy atom. The molecule has 2 rings (SSSR count). The summed E-state index contributed by atoms with van der Waals surface area (Å²) in [5.41, 5.74) is -0.269. The molecule has 1 N–H and O–H groups in total. The minimum Gasteiger partial charge on any atom is -0.396 e. The Hall–Kier alpha value is -0.910. The SMILES string of the molecule is CCCC1(CO)CCCN(S(=O)(=O)c2ccccc2)C1. The molecule has 1 atom stereocenters. The predicted molar refractivity (Wildman–Crippen MR) is 78.9 cm³/mol. The van der Waals surface area contributed by atoms with Crippen molar-refractivity contribution in [1.82, 2.24) is 4.31 Å². The second kappa shape index (κ2) is 6.24. The molecule has 1 aliphatic rings. The van der Waals surface area contributed by atoms with Gasteiger partial charge in [0.05, 0.1) is 4.90 Å². The van der Waals surface area contributed by atoms with Crippen molar-refractivity contribution in [2.75, 3.05) is 19.7 Å². The number of piperidine rings is 1. The standard InChI is InChI=1S/C15H23NO3S/c1-2-9-15(13-17)10-6-11-16(12-15)20(18,19)14-7-4-3-5-8-14/h3-5,7-8,17H,2,6,9-13H2,1H3. The Labute approximate surface area is 121 Å². The maximum atomic E-state index is 12.6. The summed E-state index contributed by atoms with van der Waals surface area (Å²) < 4.78 is 26.8. The van der Waals surface area contributed by atoms with Gasteiger partial charge in [-0.2, -0.15) is 4.31 Å². The number of aliphatic hydroxyl groups excluding tert-OH is 1. The Kier molecular flexibility index (Phi) is 4.83. The summed E-state index contributed by atoms with van der Waals surface area (Å²) in [6.45, 7) is 3.10. The van der Waals surface area contributed by atoms with Crippen molar-refractivity contribution in [2.45, 2.75) is 37.5 Å². The Bertz CT molecular complexity index is 525. The molecule has 1 aromatic carbocycles. The zero-order valence-electron chi connectivity index (χ0n) is 12.0. The van der Waals surface area contributed by atoms with Crippen LogP contribution in [-0.4, -0.2) is 37.5 Å². The molecular weight excluding hydrogens is 274 g/mol. The van der Waals surface area contributed by atoms with E-state index < -0.39 is 10.0 Å².